The Balaban J connectivity index is 2.04. The Hall–Kier alpha value is -0.670. The van der Waals surface area contributed by atoms with Crippen LogP contribution in [0.15, 0.2) is 18.2 Å². The van der Waals surface area contributed by atoms with Crippen molar-refractivity contribution in [3.63, 3.8) is 0 Å². The Bertz CT molecular complexity index is 378. The number of aliphatic hydroxyl groups excluding tert-OH is 1. The highest BCUT2D eigenvalue weighted by molar-refractivity contribution is 7.99. The lowest BCUT2D eigenvalue weighted by molar-refractivity contribution is 0.198. The van der Waals surface area contributed by atoms with Gasteiger partial charge in [-0.3, -0.25) is 0 Å². The van der Waals surface area contributed by atoms with E-state index in [0.717, 1.165) is 36.5 Å². The summed E-state index contributed by atoms with van der Waals surface area (Å²) in [6.07, 6.45) is 1.69. The van der Waals surface area contributed by atoms with Gasteiger partial charge in [-0.25, -0.2) is 0 Å². The van der Waals surface area contributed by atoms with Crippen molar-refractivity contribution in [3.8, 4) is 5.75 Å². The summed E-state index contributed by atoms with van der Waals surface area (Å²) in [5, 5.41) is 10.8. The standard InChI is InChI=1S/C14H20O2S/c1-3-10(2)17-9-13(15)12-6-4-5-11-7-8-16-14(11)12/h4-6,10,13,15H,3,7-9H2,1-2H3. The maximum atomic E-state index is 10.2. The summed E-state index contributed by atoms with van der Waals surface area (Å²) in [6, 6.07) is 6.08. The highest BCUT2D eigenvalue weighted by Gasteiger charge is 2.20. The molecule has 2 atom stereocenters. The molecule has 1 aromatic carbocycles. The smallest absolute Gasteiger partial charge is 0.128 e. The van der Waals surface area contributed by atoms with Gasteiger partial charge >= 0.3 is 0 Å². The molecule has 0 saturated carbocycles. The number of hydrogen-bond acceptors (Lipinski definition) is 3. The minimum atomic E-state index is -0.415. The summed E-state index contributed by atoms with van der Waals surface area (Å²) < 4.78 is 5.61. The molecule has 0 fully saturated rings. The van der Waals surface area contributed by atoms with E-state index in [1.807, 2.05) is 23.9 Å². The summed E-state index contributed by atoms with van der Waals surface area (Å²) in [7, 11) is 0. The number of aliphatic hydroxyl groups is 1. The van der Waals surface area contributed by atoms with Crippen molar-refractivity contribution < 1.29 is 9.84 Å². The topological polar surface area (TPSA) is 29.5 Å². The van der Waals surface area contributed by atoms with Crippen LogP contribution in [0, 0.1) is 0 Å². The lowest BCUT2D eigenvalue weighted by atomic mass is 10.0. The largest absolute Gasteiger partial charge is 0.493 e. The minimum Gasteiger partial charge on any atom is -0.493 e. The van der Waals surface area contributed by atoms with Crippen molar-refractivity contribution in [3.05, 3.63) is 29.3 Å². The van der Waals surface area contributed by atoms with Gasteiger partial charge in [0.05, 0.1) is 12.7 Å². The summed E-state index contributed by atoms with van der Waals surface area (Å²) in [5.74, 6) is 1.67. The summed E-state index contributed by atoms with van der Waals surface area (Å²) in [5.41, 5.74) is 2.19. The van der Waals surface area contributed by atoms with Crippen LogP contribution >= 0.6 is 11.8 Å². The maximum Gasteiger partial charge on any atom is 0.128 e. The highest BCUT2D eigenvalue weighted by Crippen LogP contribution is 2.35. The quantitative estimate of drug-likeness (QED) is 0.872. The van der Waals surface area contributed by atoms with Crippen molar-refractivity contribution in [1.82, 2.24) is 0 Å². The molecule has 0 spiro atoms. The van der Waals surface area contributed by atoms with Gasteiger partial charge in [-0.1, -0.05) is 32.0 Å². The van der Waals surface area contributed by atoms with E-state index in [2.05, 4.69) is 19.9 Å². The number of ether oxygens (including phenoxy) is 1. The second-order valence-electron chi connectivity index (χ2n) is 4.50. The first-order valence-electron chi connectivity index (χ1n) is 6.26. The molecule has 3 heteroatoms. The van der Waals surface area contributed by atoms with Crippen LogP contribution in [0.4, 0.5) is 0 Å². The van der Waals surface area contributed by atoms with E-state index in [4.69, 9.17) is 4.74 Å². The molecule has 1 N–H and O–H groups in total. The third kappa shape index (κ3) is 2.96. The lowest BCUT2D eigenvalue weighted by Crippen LogP contribution is -2.06. The molecule has 1 heterocycles. The van der Waals surface area contributed by atoms with Crippen LogP contribution < -0.4 is 4.74 Å². The van der Waals surface area contributed by atoms with Crippen LogP contribution in [0.3, 0.4) is 0 Å². The minimum absolute atomic E-state index is 0.415. The van der Waals surface area contributed by atoms with Crippen molar-refractivity contribution in [2.24, 2.45) is 0 Å². The Morgan fingerprint density at radius 1 is 1.47 bits per heavy atom. The lowest BCUT2D eigenvalue weighted by Gasteiger charge is -2.16. The molecule has 2 rings (SSSR count). The number of rotatable bonds is 5. The first-order chi connectivity index (χ1) is 8.22. The van der Waals surface area contributed by atoms with Gasteiger partial charge in [-0.15, -0.1) is 0 Å². The first kappa shape index (κ1) is 12.8. The SMILES string of the molecule is CCC(C)SCC(O)c1cccc2c1OCC2. The Kier molecular flexibility index (Phi) is 4.35. The second-order valence-corrected chi connectivity index (χ2v) is 5.97. The zero-order valence-electron chi connectivity index (χ0n) is 10.5. The number of fused-ring (bicyclic) bond motifs is 1. The Labute approximate surface area is 107 Å². The van der Waals surface area contributed by atoms with E-state index in [1.165, 1.54) is 5.56 Å². The van der Waals surface area contributed by atoms with E-state index in [1.54, 1.807) is 0 Å². The average molecular weight is 252 g/mol. The van der Waals surface area contributed by atoms with Gasteiger partial charge in [0.1, 0.15) is 5.75 Å². The molecular formula is C14H20O2S. The molecule has 94 valence electrons. The highest BCUT2D eigenvalue weighted by atomic mass is 32.2. The second kappa shape index (κ2) is 5.78. The van der Waals surface area contributed by atoms with Gasteiger partial charge in [0.2, 0.25) is 0 Å². The summed E-state index contributed by atoms with van der Waals surface area (Å²) in [4.78, 5) is 0. The Morgan fingerprint density at radius 2 is 2.29 bits per heavy atom. The predicted molar refractivity (Wildman–Crippen MR) is 72.8 cm³/mol. The van der Waals surface area contributed by atoms with Gasteiger partial charge in [0.25, 0.3) is 0 Å². The number of thioether (sulfide) groups is 1. The molecule has 17 heavy (non-hydrogen) atoms. The molecule has 0 radical (unpaired) electrons. The summed E-state index contributed by atoms with van der Waals surface area (Å²) in [6.45, 7) is 5.12. The van der Waals surface area contributed by atoms with Crippen LogP contribution in [-0.2, 0) is 6.42 Å². The van der Waals surface area contributed by atoms with E-state index in [-0.39, 0.29) is 0 Å². The van der Waals surface area contributed by atoms with Gasteiger partial charge in [-0.05, 0) is 12.0 Å². The van der Waals surface area contributed by atoms with Crippen molar-refractivity contribution in [2.75, 3.05) is 12.4 Å². The van der Waals surface area contributed by atoms with Gasteiger partial charge < -0.3 is 9.84 Å². The van der Waals surface area contributed by atoms with Gasteiger partial charge in [0, 0.05) is 23.0 Å². The van der Waals surface area contributed by atoms with E-state index in [0.29, 0.717) is 5.25 Å². The fraction of sp³-hybridized carbons (Fsp3) is 0.571. The molecule has 0 bridgehead atoms. The van der Waals surface area contributed by atoms with E-state index < -0.39 is 6.10 Å². The third-order valence-electron chi connectivity index (χ3n) is 3.22. The molecule has 1 aliphatic heterocycles. The maximum absolute atomic E-state index is 10.2. The molecule has 1 aromatic rings. The van der Waals surface area contributed by atoms with Crippen molar-refractivity contribution in [2.45, 2.75) is 38.0 Å². The van der Waals surface area contributed by atoms with Crippen LogP contribution in [0.1, 0.15) is 37.5 Å². The first-order valence-corrected chi connectivity index (χ1v) is 7.31. The third-order valence-corrected chi connectivity index (χ3v) is 4.63. The van der Waals surface area contributed by atoms with Crippen molar-refractivity contribution in [1.29, 1.82) is 0 Å². The van der Waals surface area contributed by atoms with Gasteiger partial charge in [0.15, 0.2) is 0 Å². The monoisotopic (exact) mass is 252 g/mol. The molecule has 0 aliphatic carbocycles. The fourth-order valence-corrected chi connectivity index (χ4v) is 2.89. The van der Waals surface area contributed by atoms with Gasteiger partial charge in [-0.2, -0.15) is 11.8 Å². The zero-order valence-corrected chi connectivity index (χ0v) is 11.3. The zero-order chi connectivity index (χ0) is 12.3. The number of benzene rings is 1. The average Bonchev–Trinajstić information content (AvgIpc) is 2.83. The normalized spacial score (nSPS) is 17.4. The molecular weight excluding hydrogens is 232 g/mol. The summed E-state index contributed by atoms with van der Waals surface area (Å²) >= 11 is 1.82. The predicted octanol–water partition coefficient (Wildman–Crippen LogP) is 3.19. The van der Waals surface area contributed by atoms with E-state index >= 15 is 0 Å². The molecule has 2 nitrogen and oxygen atoms in total. The van der Waals surface area contributed by atoms with Crippen LogP contribution in [0.25, 0.3) is 0 Å². The molecule has 0 saturated heterocycles. The number of para-hydroxylation sites is 1. The Morgan fingerprint density at radius 3 is 3.06 bits per heavy atom. The fourth-order valence-electron chi connectivity index (χ4n) is 1.97. The molecule has 0 amide bonds. The van der Waals surface area contributed by atoms with Crippen LogP contribution in [-0.4, -0.2) is 22.7 Å². The molecule has 2 unspecified atom stereocenters. The molecule has 1 aliphatic rings. The van der Waals surface area contributed by atoms with E-state index in [9.17, 15) is 5.11 Å². The van der Waals surface area contributed by atoms with Crippen LogP contribution in [0.5, 0.6) is 5.75 Å². The molecule has 0 aromatic heterocycles. The van der Waals surface area contributed by atoms with Crippen molar-refractivity contribution >= 4 is 11.8 Å². The van der Waals surface area contributed by atoms with Crippen LogP contribution in [0.2, 0.25) is 0 Å². The number of hydrogen-bond donors (Lipinski definition) is 1.